The SMILES string of the molecule is CC(C)(NC(=O)Nc1cc(Cl)c(Cl)cc1Cl)C(=O)O. The highest BCUT2D eigenvalue weighted by Crippen LogP contribution is 2.32. The van der Waals surface area contributed by atoms with Gasteiger partial charge in [0, 0.05) is 0 Å². The van der Waals surface area contributed by atoms with Gasteiger partial charge in [0.25, 0.3) is 0 Å². The van der Waals surface area contributed by atoms with Crippen LogP contribution < -0.4 is 10.6 Å². The number of carbonyl (C=O) groups excluding carboxylic acids is 1. The van der Waals surface area contributed by atoms with E-state index in [1.54, 1.807) is 0 Å². The second-order valence-electron chi connectivity index (χ2n) is 4.26. The van der Waals surface area contributed by atoms with Gasteiger partial charge >= 0.3 is 12.0 Å². The predicted octanol–water partition coefficient (Wildman–Crippen LogP) is 3.63. The Labute approximate surface area is 124 Å². The van der Waals surface area contributed by atoms with E-state index in [1.165, 1.54) is 26.0 Å². The number of urea groups is 1. The van der Waals surface area contributed by atoms with E-state index < -0.39 is 17.5 Å². The topological polar surface area (TPSA) is 78.4 Å². The summed E-state index contributed by atoms with van der Waals surface area (Å²) < 4.78 is 0. The van der Waals surface area contributed by atoms with E-state index in [1.807, 2.05) is 0 Å². The van der Waals surface area contributed by atoms with Gasteiger partial charge in [-0.05, 0) is 26.0 Å². The van der Waals surface area contributed by atoms with Gasteiger partial charge in [-0.25, -0.2) is 9.59 Å². The Kier molecular flexibility index (Phi) is 4.90. The van der Waals surface area contributed by atoms with Gasteiger partial charge in [0.15, 0.2) is 0 Å². The Morgan fingerprint density at radius 1 is 1.11 bits per heavy atom. The second-order valence-corrected chi connectivity index (χ2v) is 5.48. The van der Waals surface area contributed by atoms with Gasteiger partial charge in [0.05, 0.1) is 20.8 Å². The smallest absolute Gasteiger partial charge is 0.328 e. The lowest BCUT2D eigenvalue weighted by molar-refractivity contribution is -0.142. The molecular formula is C11H11Cl3N2O3. The molecule has 0 bridgehead atoms. The summed E-state index contributed by atoms with van der Waals surface area (Å²) in [5.41, 5.74) is -1.18. The van der Waals surface area contributed by atoms with E-state index in [2.05, 4.69) is 10.6 Å². The highest BCUT2D eigenvalue weighted by atomic mass is 35.5. The maximum Gasteiger partial charge on any atom is 0.328 e. The van der Waals surface area contributed by atoms with Crippen molar-refractivity contribution >= 4 is 52.5 Å². The number of nitrogens with one attached hydrogen (secondary N) is 2. The molecule has 2 amide bonds. The summed E-state index contributed by atoms with van der Waals surface area (Å²) in [6, 6.07) is 2.04. The van der Waals surface area contributed by atoms with Crippen molar-refractivity contribution in [2.24, 2.45) is 0 Å². The molecule has 0 aromatic heterocycles. The maximum atomic E-state index is 11.7. The van der Waals surface area contributed by atoms with Crippen molar-refractivity contribution in [2.75, 3.05) is 5.32 Å². The van der Waals surface area contributed by atoms with E-state index >= 15 is 0 Å². The number of carboxylic acid groups (broad SMARTS) is 1. The van der Waals surface area contributed by atoms with Crippen molar-refractivity contribution in [1.29, 1.82) is 0 Å². The van der Waals surface area contributed by atoms with Crippen molar-refractivity contribution < 1.29 is 14.7 Å². The average Bonchev–Trinajstić information content (AvgIpc) is 2.24. The lowest BCUT2D eigenvalue weighted by Gasteiger charge is -2.21. The summed E-state index contributed by atoms with van der Waals surface area (Å²) in [6.07, 6.45) is 0. The molecule has 19 heavy (non-hydrogen) atoms. The lowest BCUT2D eigenvalue weighted by atomic mass is 10.1. The quantitative estimate of drug-likeness (QED) is 0.743. The molecule has 104 valence electrons. The number of hydrogen-bond acceptors (Lipinski definition) is 2. The van der Waals surface area contributed by atoms with Crippen molar-refractivity contribution in [3.63, 3.8) is 0 Å². The molecule has 8 heteroatoms. The average molecular weight is 326 g/mol. The highest BCUT2D eigenvalue weighted by molar-refractivity contribution is 6.44. The zero-order chi connectivity index (χ0) is 14.8. The molecule has 0 unspecified atom stereocenters. The first-order valence-electron chi connectivity index (χ1n) is 5.10. The Morgan fingerprint density at radius 2 is 1.63 bits per heavy atom. The number of carbonyl (C=O) groups is 2. The monoisotopic (exact) mass is 324 g/mol. The molecule has 1 rings (SSSR count). The van der Waals surface area contributed by atoms with Crippen molar-refractivity contribution in [3.8, 4) is 0 Å². The fourth-order valence-corrected chi connectivity index (χ4v) is 1.70. The van der Waals surface area contributed by atoms with E-state index in [-0.39, 0.29) is 20.8 Å². The standard InChI is InChI=1S/C11H11Cl3N2O3/c1-11(2,9(17)18)16-10(19)15-8-4-6(13)5(12)3-7(8)14/h3-4H,1-2H3,(H,17,18)(H2,15,16,19). The first-order valence-corrected chi connectivity index (χ1v) is 6.24. The molecule has 1 aromatic rings. The summed E-state index contributed by atoms with van der Waals surface area (Å²) in [7, 11) is 0. The van der Waals surface area contributed by atoms with Crippen molar-refractivity contribution in [3.05, 3.63) is 27.2 Å². The van der Waals surface area contributed by atoms with Crippen LogP contribution in [0.2, 0.25) is 15.1 Å². The summed E-state index contributed by atoms with van der Waals surface area (Å²) in [6.45, 7) is 2.71. The third kappa shape index (κ3) is 4.16. The molecule has 0 aliphatic heterocycles. The van der Waals surface area contributed by atoms with Gasteiger partial charge in [0.1, 0.15) is 5.54 Å². The van der Waals surface area contributed by atoms with Crippen molar-refractivity contribution in [2.45, 2.75) is 19.4 Å². The highest BCUT2D eigenvalue weighted by Gasteiger charge is 2.29. The second kappa shape index (κ2) is 5.86. The van der Waals surface area contributed by atoms with Crippen LogP contribution >= 0.6 is 34.8 Å². The van der Waals surface area contributed by atoms with E-state index in [4.69, 9.17) is 39.9 Å². The van der Waals surface area contributed by atoms with Gasteiger partial charge in [-0.2, -0.15) is 0 Å². The van der Waals surface area contributed by atoms with Gasteiger partial charge in [-0.15, -0.1) is 0 Å². The fraction of sp³-hybridized carbons (Fsp3) is 0.273. The number of aliphatic carboxylic acids is 1. The first kappa shape index (κ1) is 15.9. The Balaban J connectivity index is 2.84. The number of hydrogen-bond donors (Lipinski definition) is 3. The third-order valence-electron chi connectivity index (χ3n) is 2.22. The first-order chi connectivity index (χ1) is 8.63. The van der Waals surface area contributed by atoms with Crippen LogP contribution in [-0.2, 0) is 4.79 Å². The number of anilines is 1. The van der Waals surface area contributed by atoms with Gasteiger partial charge in [-0.1, -0.05) is 34.8 Å². The number of rotatable bonds is 3. The Bertz CT molecular complexity index is 532. The number of benzene rings is 1. The van der Waals surface area contributed by atoms with E-state index in [9.17, 15) is 9.59 Å². The molecule has 3 N–H and O–H groups in total. The van der Waals surface area contributed by atoms with Crippen LogP contribution in [0.15, 0.2) is 12.1 Å². The molecular weight excluding hydrogens is 314 g/mol. The van der Waals surface area contributed by atoms with Gasteiger partial charge in [0.2, 0.25) is 0 Å². The van der Waals surface area contributed by atoms with Crippen LogP contribution in [0.5, 0.6) is 0 Å². The molecule has 0 spiro atoms. The molecule has 0 saturated heterocycles. The van der Waals surface area contributed by atoms with Crippen LogP contribution in [-0.4, -0.2) is 22.6 Å². The predicted molar refractivity (Wildman–Crippen MR) is 75.3 cm³/mol. The minimum Gasteiger partial charge on any atom is -0.480 e. The molecule has 0 aliphatic rings. The zero-order valence-corrected chi connectivity index (χ0v) is 12.3. The third-order valence-corrected chi connectivity index (χ3v) is 3.25. The van der Waals surface area contributed by atoms with Gasteiger partial charge < -0.3 is 15.7 Å². The largest absolute Gasteiger partial charge is 0.480 e. The Morgan fingerprint density at radius 3 is 2.16 bits per heavy atom. The summed E-state index contributed by atoms with van der Waals surface area (Å²) >= 11 is 17.4. The normalized spacial score (nSPS) is 11.0. The van der Waals surface area contributed by atoms with Crippen LogP contribution in [0.25, 0.3) is 0 Å². The minimum atomic E-state index is -1.41. The zero-order valence-electron chi connectivity index (χ0n) is 10.1. The molecule has 0 fully saturated rings. The number of carboxylic acids is 1. The Hall–Kier alpha value is -1.17. The molecule has 0 atom stereocenters. The number of halogens is 3. The summed E-state index contributed by atoms with van der Waals surface area (Å²) in [4.78, 5) is 22.5. The van der Waals surface area contributed by atoms with E-state index in [0.29, 0.717) is 0 Å². The maximum absolute atomic E-state index is 11.7. The molecule has 0 heterocycles. The van der Waals surface area contributed by atoms with Crippen molar-refractivity contribution in [1.82, 2.24) is 5.32 Å². The van der Waals surface area contributed by atoms with Crippen LogP contribution in [0.3, 0.4) is 0 Å². The summed E-state index contributed by atoms with van der Waals surface area (Å²) in [5, 5.41) is 14.2. The number of amides is 2. The molecule has 0 saturated carbocycles. The molecule has 1 aromatic carbocycles. The fourth-order valence-electron chi connectivity index (χ4n) is 1.11. The molecule has 5 nitrogen and oxygen atoms in total. The van der Waals surface area contributed by atoms with Crippen LogP contribution in [0.4, 0.5) is 10.5 Å². The minimum absolute atomic E-state index is 0.192. The van der Waals surface area contributed by atoms with Crippen LogP contribution in [0.1, 0.15) is 13.8 Å². The lowest BCUT2D eigenvalue weighted by Crippen LogP contribution is -2.51. The van der Waals surface area contributed by atoms with Gasteiger partial charge in [-0.3, -0.25) is 0 Å². The summed E-state index contributed by atoms with van der Waals surface area (Å²) in [5.74, 6) is -1.16. The molecule has 0 aliphatic carbocycles. The van der Waals surface area contributed by atoms with E-state index in [0.717, 1.165) is 0 Å². The van der Waals surface area contributed by atoms with Crippen LogP contribution in [0, 0.1) is 0 Å². The molecule has 0 radical (unpaired) electrons.